The first-order valence-electron chi connectivity index (χ1n) is 12.9. The van der Waals surface area contributed by atoms with Crippen LogP contribution in [0.2, 0.25) is 0 Å². The van der Waals surface area contributed by atoms with Crippen molar-refractivity contribution in [3.05, 3.63) is 36.5 Å². The van der Waals surface area contributed by atoms with E-state index >= 15 is 0 Å². The number of nitrogens with one attached hydrogen (secondary N) is 3. The van der Waals surface area contributed by atoms with Gasteiger partial charge in [0.2, 0.25) is 0 Å². The molecule has 3 N–H and O–H groups in total. The van der Waals surface area contributed by atoms with E-state index in [1.165, 1.54) is 6.20 Å². The predicted octanol–water partition coefficient (Wildman–Crippen LogP) is 4.86. The number of ether oxygens (including phenoxy) is 2. The van der Waals surface area contributed by atoms with Crippen LogP contribution in [-0.2, 0) is 9.47 Å². The van der Waals surface area contributed by atoms with E-state index in [-0.39, 0.29) is 11.2 Å². The van der Waals surface area contributed by atoms with Crippen molar-refractivity contribution in [3.8, 4) is 11.1 Å². The quantitative estimate of drug-likeness (QED) is 0.443. The van der Waals surface area contributed by atoms with Gasteiger partial charge in [-0.3, -0.25) is 4.98 Å². The minimum atomic E-state index is -0.342. The zero-order valence-corrected chi connectivity index (χ0v) is 21.3. The first-order chi connectivity index (χ1) is 16.9. The fourth-order valence-electron chi connectivity index (χ4n) is 5.09. The van der Waals surface area contributed by atoms with Crippen LogP contribution in [0.15, 0.2) is 30.7 Å². The van der Waals surface area contributed by atoms with Crippen molar-refractivity contribution < 1.29 is 13.9 Å². The lowest BCUT2D eigenvalue weighted by Crippen LogP contribution is -2.42. The van der Waals surface area contributed by atoms with E-state index in [9.17, 15) is 4.39 Å². The summed E-state index contributed by atoms with van der Waals surface area (Å²) in [4.78, 5) is 8.68. The molecule has 0 unspecified atom stereocenters. The van der Waals surface area contributed by atoms with Gasteiger partial charge < -0.3 is 25.4 Å². The maximum absolute atomic E-state index is 14.8. The molecule has 3 heterocycles. The minimum absolute atomic E-state index is 0.198. The first kappa shape index (κ1) is 25.8. The molecule has 0 amide bonds. The summed E-state index contributed by atoms with van der Waals surface area (Å²) in [7, 11) is 1.74. The average Bonchev–Trinajstić information content (AvgIpc) is 2.86. The van der Waals surface area contributed by atoms with E-state index in [4.69, 9.17) is 9.47 Å². The van der Waals surface area contributed by atoms with Gasteiger partial charge in [-0.15, -0.1) is 0 Å². The van der Waals surface area contributed by atoms with Crippen LogP contribution >= 0.6 is 0 Å². The topological polar surface area (TPSA) is 80.3 Å². The van der Waals surface area contributed by atoms with Crippen molar-refractivity contribution in [3.63, 3.8) is 0 Å². The Hall–Kier alpha value is -2.29. The van der Waals surface area contributed by atoms with Gasteiger partial charge in [0.05, 0.1) is 18.5 Å². The Morgan fingerprint density at radius 2 is 1.86 bits per heavy atom. The van der Waals surface area contributed by atoms with Crippen LogP contribution in [0.1, 0.15) is 52.4 Å². The second kappa shape index (κ2) is 12.1. The molecule has 7 nitrogen and oxygen atoms in total. The Labute approximate surface area is 208 Å². The number of nitrogens with zero attached hydrogens (tertiary/aromatic N) is 2. The molecular formula is C27H40FN5O2. The predicted molar refractivity (Wildman–Crippen MR) is 138 cm³/mol. The summed E-state index contributed by atoms with van der Waals surface area (Å²) < 4.78 is 25.5. The number of aromatic nitrogens is 2. The van der Waals surface area contributed by atoms with Gasteiger partial charge in [-0.2, -0.15) is 0 Å². The standard InChI is InChI=1S/C27H40FN5O2/c1-19(17-34-3)32-21-4-6-22(7-5-21)33-26-13-24(25(28)16-30-26)20-12-23(15-29-14-20)31-18-27(2)8-10-35-11-9-27/h12-16,19,21-22,31-32H,4-11,17-18H2,1-3H3,(H,30,33)/t19-,21-,22-/m0/s1. The number of methoxy groups -OCH3 is 1. The molecule has 2 aromatic heterocycles. The number of pyridine rings is 2. The van der Waals surface area contributed by atoms with Crippen LogP contribution in [0.3, 0.4) is 0 Å². The third-order valence-electron chi connectivity index (χ3n) is 7.34. The van der Waals surface area contributed by atoms with Crippen molar-refractivity contribution >= 4 is 11.5 Å². The molecular weight excluding hydrogens is 445 g/mol. The van der Waals surface area contributed by atoms with Gasteiger partial charge in [-0.05, 0) is 63.0 Å². The lowest BCUT2D eigenvalue weighted by Gasteiger charge is -2.33. The molecule has 1 saturated heterocycles. The average molecular weight is 486 g/mol. The number of hydrogen-bond donors (Lipinski definition) is 3. The Morgan fingerprint density at radius 1 is 1.11 bits per heavy atom. The summed E-state index contributed by atoms with van der Waals surface area (Å²) in [6.07, 6.45) is 11.2. The third kappa shape index (κ3) is 7.35. The second-order valence-electron chi connectivity index (χ2n) is 10.5. The molecule has 0 radical (unpaired) electrons. The Bertz CT molecular complexity index is 945. The monoisotopic (exact) mass is 485 g/mol. The van der Waals surface area contributed by atoms with Crippen molar-refractivity contribution in [2.75, 3.05) is 44.1 Å². The molecule has 1 aliphatic heterocycles. The number of hydrogen-bond acceptors (Lipinski definition) is 7. The van der Waals surface area contributed by atoms with E-state index in [1.807, 2.05) is 6.07 Å². The summed E-state index contributed by atoms with van der Waals surface area (Å²) in [5.41, 5.74) is 2.35. The van der Waals surface area contributed by atoms with Crippen molar-refractivity contribution in [1.29, 1.82) is 0 Å². The van der Waals surface area contributed by atoms with Gasteiger partial charge in [0.25, 0.3) is 0 Å². The van der Waals surface area contributed by atoms with Crippen LogP contribution in [0.4, 0.5) is 15.9 Å². The molecule has 2 fully saturated rings. The number of halogens is 1. The molecule has 2 aliphatic rings. The molecule has 1 atom stereocenters. The molecule has 35 heavy (non-hydrogen) atoms. The van der Waals surface area contributed by atoms with Crippen LogP contribution in [-0.4, -0.2) is 61.6 Å². The molecule has 192 valence electrons. The maximum atomic E-state index is 14.8. The molecule has 0 bridgehead atoms. The molecule has 0 spiro atoms. The molecule has 1 saturated carbocycles. The SMILES string of the molecule is COC[C@H](C)N[C@H]1CC[C@H](Nc2cc(-c3cncc(NCC4(C)CCOCC4)c3)c(F)cn2)CC1. The smallest absolute Gasteiger partial charge is 0.149 e. The van der Waals surface area contributed by atoms with Crippen molar-refractivity contribution in [1.82, 2.24) is 15.3 Å². The van der Waals surface area contributed by atoms with Crippen molar-refractivity contribution in [2.24, 2.45) is 5.41 Å². The van der Waals surface area contributed by atoms with Gasteiger partial charge in [0.1, 0.15) is 11.6 Å². The lowest BCUT2D eigenvalue weighted by molar-refractivity contribution is 0.0300. The number of anilines is 2. The minimum Gasteiger partial charge on any atom is -0.383 e. The van der Waals surface area contributed by atoms with Crippen LogP contribution in [0, 0.1) is 11.2 Å². The van der Waals surface area contributed by atoms with Crippen LogP contribution in [0.5, 0.6) is 0 Å². The lowest BCUT2D eigenvalue weighted by atomic mass is 9.82. The van der Waals surface area contributed by atoms with Gasteiger partial charge >= 0.3 is 0 Å². The van der Waals surface area contributed by atoms with E-state index in [1.54, 1.807) is 25.6 Å². The van der Waals surface area contributed by atoms with Gasteiger partial charge in [-0.25, -0.2) is 9.37 Å². The molecule has 1 aliphatic carbocycles. The Balaban J connectivity index is 1.36. The highest BCUT2D eigenvalue weighted by Gasteiger charge is 2.27. The highest BCUT2D eigenvalue weighted by Crippen LogP contribution is 2.31. The third-order valence-corrected chi connectivity index (χ3v) is 7.34. The normalized spacial score (nSPS) is 23.0. The first-order valence-corrected chi connectivity index (χ1v) is 12.9. The maximum Gasteiger partial charge on any atom is 0.149 e. The van der Waals surface area contributed by atoms with Crippen LogP contribution < -0.4 is 16.0 Å². The highest BCUT2D eigenvalue weighted by molar-refractivity contribution is 5.69. The van der Waals surface area contributed by atoms with E-state index in [0.717, 1.165) is 76.1 Å². The number of rotatable bonds is 10. The molecule has 4 rings (SSSR count). The summed E-state index contributed by atoms with van der Waals surface area (Å²) in [5.74, 6) is 0.365. The molecule has 0 aromatic carbocycles. The van der Waals surface area contributed by atoms with Gasteiger partial charge in [0, 0.05) is 68.5 Å². The van der Waals surface area contributed by atoms with E-state index in [0.29, 0.717) is 29.5 Å². The van der Waals surface area contributed by atoms with Gasteiger partial charge in [-0.1, -0.05) is 6.92 Å². The van der Waals surface area contributed by atoms with Crippen molar-refractivity contribution in [2.45, 2.75) is 70.5 Å². The van der Waals surface area contributed by atoms with Crippen LogP contribution in [0.25, 0.3) is 11.1 Å². The summed E-state index contributed by atoms with van der Waals surface area (Å²) in [6.45, 7) is 7.61. The fourth-order valence-corrected chi connectivity index (χ4v) is 5.09. The second-order valence-corrected chi connectivity index (χ2v) is 10.5. The zero-order valence-electron chi connectivity index (χ0n) is 21.3. The fraction of sp³-hybridized carbons (Fsp3) is 0.630. The Morgan fingerprint density at radius 3 is 2.60 bits per heavy atom. The Kier molecular flexibility index (Phi) is 8.92. The van der Waals surface area contributed by atoms with E-state index < -0.39 is 0 Å². The van der Waals surface area contributed by atoms with E-state index in [2.05, 4.69) is 39.8 Å². The summed E-state index contributed by atoms with van der Waals surface area (Å²) >= 11 is 0. The highest BCUT2D eigenvalue weighted by atomic mass is 19.1. The summed E-state index contributed by atoms with van der Waals surface area (Å²) in [6, 6.07) is 4.98. The summed E-state index contributed by atoms with van der Waals surface area (Å²) in [5, 5.41) is 10.7. The zero-order chi connectivity index (χ0) is 24.7. The van der Waals surface area contributed by atoms with Gasteiger partial charge in [0.15, 0.2) is 0 Å². The molecule has 2 aromatic rings. The molecule has 8 heteroatoms. The largest absolute Gasteiger partial charge is 0.383 e.